The molecule has 34 heavy (non-hydrogen) atoms. The third-order valence-corrected chi connectivity index (χ3v) is 6.06. The zero-order chi connectivity index (χ0) is 25.0. The second-order valence-electron chi connectivity index (χ2n) is 9.60. The van der Waals surface area contributed by atoms with Crippen LogP contribution in [0.2, 0.25) is 0 Å². The SMILES string of the molecule is CCCCCOc1ccc(C(=O)CN2Cc3cc(OC)c(OC)c(F)c3C2=N)cc1C(C)(C)C. The lowest BCUT2D eigenvalue weighted by Gasteiger charge is -2.24. The van der Waals surface area contributed by atoms with Crippen LogP contribution in [-0.4, -0.2) is 43.9 Å². The lowest BCUT2D eigenvalue weighted by molar-refractivity contribution is 0.0962. The van der Waals surface area contributed by atoms with Gasteiger partial charge in [0.15, 0.2) is 23.1 Å². The Balaban J connectivity index is 1.81. The van der Waals surface area contributed by atoms with Crippen molar-refractivity contribution in [1.29, 1.82) is 5.41 Å². The molecule has 184 valence electrons. The van der Waals surface area contributed by atoms with Crippen LogP contribution in [0.1, 0.15) is 74.0 Å². The number of fused-ring (bicyclic) bond motifs is 1. The normalized spacial score (nSPS) is 13.1. The van der Waals surface area contributed by atoms with Crippen LogP contribution >= 0.6 is 0 Å². The number of ketones is 1. The van der Waals surface area contributed by atoms with Gasteiger partial charge in [-0.05, 0) is 41.7 Å². The molecule has 7 heteroatoms. The molecule has 1 heterocycles. The molecular formula is C27H35FN2O4. The maximum absolute atomic E-state index is 15.0. The number of nitrogens with zero attached hydrogens (tertiary/aromatic N) is 1. The molecule has 0 unspecified atom stereocenters. The van der Waals surface area contributed by atoms with E-state index in [4.69, 9.17) is 19.6 Å². The first-order chi connectivity index (χ1) is 16.1. The first-order valence-electron chi connectivity index (χ1n) is 11.7. The fourth-order valence-corrected chi connectivity index (χ4v) is 4.17. The average Bonchev–Trinajstić information content (AvgIpc) is 3.10. The molecule has 6 nitrogen and oxygen atoms in total. The van der Waals surface area contributed by atoms with Crippen LogP contribution in [0.3, 0.4) is 0 Å². The maximum atomic E-state index is 15.0. The van der Waals surface area contributed by atoms with E-state index < -0.39 is 5.82 Å². The number of carbonyl (C=O) groups excluding carboxylic acids is 1. The van der Waals surface area contributed by atoms with Gasteiger partial charge in [0.2, 0.25) is 0 Å². The van der Waals surface area contributed by atoms with Crippen molar-refractivity contribution in [2.45, 2.75) is 58.9 Å². The Bertz CT molecular complexity index is 1080. The van der Waals surface area contributed by atoms with Gasteiger partial charge >= 0.3 is 0 Å². The molecule has 0 saturated carbocycles. The number of nitrogens with one attached hydrogen (secondary N) is 1. The minimum Gasteiger partial charge on any atom is -0.493 e. The number of unbranched alkanes of at least 4 members (excludes halogenated alkanes) is 2. The Hall–Kier alpha value is -3.09. The third-order valence-electron chi connectivity index (χ3n) is 6.06. The Labute approximate surface area is 201 Å². The Morgan fingerprint density at radius 1 is 1.12 bits per heavy atom. The summed E-state index contributed by atoms with van der Waals surface area (Å²) in [5, 5.41) is 8.49. The van der Waals surface area contributed by atoms with Crippen molar-refractivity contribution in [3.05, 3.63) is 52.3 Å². The van der Waals surface area contributed by atoms with Crippen molar-refractivity contribution < 1.29 is 23.4 Å². The fourth-order valence-electron chi connectivity index (χ4n) is 4.17. The van der Waals surface area contributed by atoms with Crippen LogP contribution in [0, 0.1) is 11.2 Å². The van der Waals surface area contributed by atoms with Gasteiger partial charge in [0.25, 0.3) is 0 Å². The van der Waals surface area contributed by atoms with Crippen LogP contribution in [0.5, 0.6) is 17.2 Å². The highest BCUT2D eigenvalue weighted by molar-refractivity contribution is 6.05. The number of halogens is 1. The molecule has 2 aromatic rings. The average molecular weight is 471 g/mol. The summed E-state index contributed by atoms with van der Waals surface area (Å²) in [5.41, 5.74) is 2.06. The summed E-state index contributed by atoms with van der Waals surface area (Å²) in [6.07, 6.45) is 3.23. The molecule has 0 aromatic heterocycles. The van der Waals surface area contributed by atoms with Gasteiger partial charge in [0.1, 0.15) is 11.6 Å². The molecule has 0 aliphatic carbocycles. The summed E-state index contributed by atoms with van der Waals surface area (Å²) in [6, 6.07) is 7.18. The van der Waals surface area contributed by atoms with Crippen LogP contribution < -0.4 is 14.2 Å². The van der Waals surface area contributed by atoms with E-state index in [9.17, 15) is 4.79 Å². The van der Waals surface area contributed by atoms with E-state index in [2.05, 4.69) is 27.7 Å². The molecule has 0 saturated heterocycles. The van der Waals surface area contributed by atoms with Crippen molar-refractivity contribution in [2.24, 2.45) is 0 Å². The number of hydrogen-bond acceptors (Lipinski definition) is 5. The molecule has 1 N–H and O–H groups in total. The fraction of sp³-hybridized carbons (Fsp3) is 0.481. The van der Waals surface area contributed by atoms with Crippen LogP contribution in [0.15, 0.2) is 24.3 Å². The molecule has 0 fully saturated rings. The summed E-state index contributed by atoms with van der Waals surface area (Å²) < 4.78 is 31.4. The zero-order valence-corrected chi connectivity index (χ0v) is 21.0. The first-order valence-corrected chi connectivity index (χ1v) is 11.7. The number of methoxy groups -OCH3 is 2. The Morgan fingerprint density at radius 2 is 1.85 bits per heavy atom. The van der Waals surface area contributed by atoms with Crippen LogP contribution in [-0.2, 0) is 12.0 Å². The van der Waals surface area contributed by atoms with Crippen molar-refractivity contribution in [3.63, 3.8) is 0 Å². The molecule has 0 spiro atoms. The number of rotatable bonds is 10. The van der Waals surface area contributed by atoms with Gasteiger partial charge in [-0.3, -0.25) is 10.2 Å². The van der Waals surface area contributed by atoms with Crippen LogP contribution in [0.25, 0.3) is 0 Å². The van der Waals surface area contributed by atoms with Gasteiger partial charge in [-0.2, -0.15) is 0 Å². The van der Waals surface area contributed by atoms with Gasteiger partial charge in [-0.25, -0.2) is 4.39 Å². The minimum absolute atomic E-state index is 0.0299. The van der Waals surface area contributed by atoms with E-state index in [1.54, 1.807) is 17.0 Å². The second kappa shape index (κ2) is 10.5. The number of amidine groups is 1. The summed E-state index contributed by atoms with van der Waals surface area (Å²) in [4.78, 5) is 14.8. The van der Waals surface area contributed by atoms with Crippen molar-refractivity contribution in [1.82, 2.24) is 4.90 Å². The quantitative estimate of drug-likeness (QED) is 0.354. The predicted octanol–water partition coefficient (Wildman–Crippen LogP) is 5.73. The maximum Gasteiger partial charge on any atom is 0.197 e. The Kier molecular flexibility index (Phi) is 7.85. The summed E-state index contributed by atoms with van der Waals surface area (Å²) >= 11 is 0. The second-order valence-corrected chi connectivity index (χ2v) is 9.60. The van der Waals surface area contributed by atoms with Gasteiger partial charge in [0.05, 0.1) is 32.9 Å². The van der Waals surface area contributed by atoms with Gasteiger partial charge in [0, 0.05) is 17.7 Å². The lowest BCUT2D eigenvalue weighted by Crippen LogP contribution is -2.30. The van der Waals surface area contributed by atoms with Gasteiger partial charge < -0.3 is 19.1 Å². The van der Waals surface area contributed by atoms with E-state index in [0.717, 1.165) is 30.6 Å². The zero-order valence-electron chi connectivity index (χ0n) is 21.0. The van der Waals surface area contributed by atoms with Crippen LogP contribution in [0.4, 0.5) is 4.39 Å². The van der Waals surface area contributed by atoms with Crippen molar-refractivity contribution >= 4 is 11.6 Å². The first kappa shape index (κ1) is 25.5. The van der Waals surface area contributed by atoms with E-state index in [-0.39, 0.29) is 47.2 Å². The topological polar surface area (TPSA) is 71.8 Å². The molecule has 0 radical (unpaired) electrons. The molecule has 2 aromatic carbocycles. The molecule has 0 atom stereocenters. The molecule has 1 aliphatic heterocycles. The molecular weight excluding hydrogens is 435 g/mol. The molecule has 0 bridgehead atoms. The summed E-state index contributed by atoms with van der Waals surface area (Å²) in [6.45, 7) is 9.29. The largest absolute Gasteiger partial charge is 0.493 e. The molecule has 3 rings (SSSR count). The summed E-state index contributed by atoms with van der Waals surface area (Å²) in [7, 11) is 2.80. The number of hydrogen-bond donors (Lipinski definition) is 1. The smallest absolute Gasteiger partial charge is 0.197 e. The van der Waals surface area contributed by atoms with E-state index in [1.165, 1.54) is 14.2 Å². The lowest BCUT2D eigenvalue weighted by atomic mass is 9.85. The highest BCUT2D eigenvalue weighted by atomic mass is 19.1. The highest BCUT2D eigenvalue weighted by Gasteiger charge is 2.33. The number of benzene rings is 2. The van der Waals surface area contributed by atoms with Gasteiger partial charge in [-0.15, -0.1) is 0 Å². The number of Topliss-reactive ketones (excluding diaryl/α,β-unsaturated/α-hetero) is 1. The number of ether oxygens (including phenoxy) is 3. The van der Waals surface area contributed by atoms with Crippen molar-refractivity contribution in [3.8, 4) is 17.2 Å². The van der Waals surface area contributed by atoms with E-state index in [1.807, 2.05) is 12.1 Å². The predicted molar refractivity (Wildman–Crippen MR) is 131 cm³/mol. The highest BCUT2D eigenvalue weighted by Crippen LogP contribution is 2.38. The van der Waals surface area contributed by atoms with E-state index >= 15 is 4.39 Å². The van der Waals surface area contributed by atoms with Crippen molar-refractivity contribution in [2.75, 3.05) is 27.4 Å². The number of carbonyl (C=O) groups is 1. The van der Waals surface area contributed by atoms with Gasteiger partial charge in [-0.1, -0.05) is 40.5 Å². The monoisotopic (exact) mass is 470 g/mol. The Morgan fingerprint density at radius 3 is 2.47 bits per heavy atom. The summed E-state index contributed by atoms with van der Waals surface area (Å²) in [5.74, 6) is 0.209. The third kappa shape index (κ3) is 5.18. The minimum atomic E-state index is -0.642. The molecule has 0 amide bonds. The molecule has 1 aliphatic rings. The standard InChI is InChI=1S/C27H35FN2O4/c1-7-8-9-12-34-21-11-10-17(13-19(21)27(2,3)4)20(31)16-30-15-18-14-22(32-5)25(33-6)24(28)23(18)26(30)29/h10-11,13-14,29H,7-9,12,15-16H2,1-6H3. The van der Waals surface area contributed by atoms with E-state index in [0.29, 0.717) is 17.7 Å².